The van der Waals surface area contributed by atoms with Crippen LogP contribution in [-0.2, 0) is 6.54 Å². The van der Waals surface area contributed by atoms with Crippen LogP contribution in [0.25, 0.3) is 27.6 Å². The third-order valence-corrected chi connectivity index (χ3v) is 5.22. The first-order chi connectivity index (χ1) is 15.1. The molecule has 0 unspecified atom stereocenters. The quantitative estimate of drug-likeness (QED) is 0.425. The molecule has 4 aromatic heterocycles. The number of benzene rings is 1. The molecule has 0 saturated heterocycles. The zero-order chi connectivity index (χ0) is 21.4. The Morgan fingerprint density at radius 3 is 2.32 bits per heavy atom. The molecule has 4 heterocycles. The molecule has 1 aromatic carbocycles. The van der Waals surface area contributed by atoms with Crippen molar-refractivity contribution in [3.63, 3.8) is 0 Å². The summed E-state index contributed by atoms with van der Waals surface area (Å²) in [6.45, 7) is 0.407. The predicted octanol–water partition coefficient (Wildman–Crippen LogP) is 3.15. The fraction of sp³-hybridized carbons (Fsp3) is 0.0833. The van der Waals surface area contributed by atoms with Gasteiger partial charge in [0.2, 0.25) is 0 Å². The molecule has 0 atom stereocenters. The average molecular weight is 410 g/mol. The van der Waals surface area contributed by atoms with Crippen LogP contribution in [0.3, 0.4) is 0 Å². The minimum absolute atomic E-state index is 0.199. The molecule has 5 rings (SSSR count). The van der Waals surface area contributed by atoms with E-state index in [0.717, 1.165) is 11.3 Å². The van der Waals surface area contributed by atoms with Gasteiger partial charge < -0.3 is 9.30 Å². The molecule has 0 saturated carbocycles. The molecule has 0 spiro atoms. The fourth-order valence-corrected chi connectivity index (χ4v) is 3.59. The number of aromatic nitrogens is 4. The second-order valence-electron chi connectivity index (χ2n) is 7.13. The average Bonchev–Trinajstić information content (AvgIpc) is 2.81. The summed E-state index contributed by atoms with van der Waals surface area (Å²) in [6, 6.07) is 18.1. The number of hydrogen-bond acceptors (Lipinski definition) is 5. The second kappa shape index (κ2) is 7.53. The highest BCUT2D eigenvalue weighted by Crippen LogP contribution is 2.16. The molecule has 0 N–H and O–H groups in total. The maximum atomic E-state index is 13.1. The lowest BCUT2D eigenvalue weighted by Crippen LogP contribution is -2.22. The van der Waals surface area contributed by atoms with Crippen molar-refractivity contribution in [2.24, 2.45) is 0 Å². The molecule has 0 aliphatic carbocycles. The summed E-state index contributed by atoms with van der Waals surface area (Å²) in [4.78, 5) is 35.0. The summed E-state index contributed by atoms with van der Waals surface area (Å²) in [5.41, 5.74) is 1.59. The zero-order valence-corrected chi connectivity index (χ0v) is 16.7. The van der Waals surface area contributed by atoms with Crippen LogP contribution >= 0.6 is 0 Å². The van der Waals surface area contributed by atoms with Crippen molar-refractivity contribution in [2.75, 3.05) is 7.11 Å². The number of rotatable bonds is 4. The van der Waals surface area contributed by atoms with Crippen LogP contribution in [0.2, 0.25) is 0 Å². The monoisotopic (exact) mass is 410 g/mol. The summed E-state index contributed by atoms with van der Waals surface area (Å²) in [5, 5.41) is 0.777. The van der Waals surface area contributed by atoms with Crippen molar-refractivity contribution < 1.29 is 4.74 Å². The van der Waals surface area contributed by atoms with E-state index in [0.29, 0.717) is 34.2 Å². The van der Waals surface area contributed by atoms with Gasteiger partial charge in [0, 0.05) is 18.6 Å². The molecule has 31 heavy (non-hydrogen) atoms. The highest BCUT2D eigenvalue weighted by atomic mass is 16.5. The van der Waals surface area contributed by atoms with Gasteiger partial charge in [-0.3, -0.25) is 14.2 Å². The van der Waals surface area contributed by atoms with Crippen molar-refractivity contribution in [3.05, 3.63) is 106 Å². The predicted molar refractivity (Wildman–Crippen MR) is 119 cm³/mol. The molecule has 0 fully saturated rings. The molecule has 0 aliphatic rings. The van der Waals surface area contributed by atoms with Gasteiger partial charge in [0.15, 0.2) is 0 Å². The topological polar surface area (TPSA) is 79.0 Å². The van der Waals surface area contributed by atoms with E-state index < -0.39 is 0 Å². The van der Waals surface area contributed by atoms with Gasteiger partial charge in [-0.25, -0.2) is 9.97 Å². The Labute approximate surface area is 176 Å². The van der Waals surface area contributed by atoms with Gasteiger partial charge in [-0.2, -0.15) is 0 Å². The van der Waals surface area contributed by atoms with Crippen LogP contribution in [0.1, 0.15) is 5.56 Å². The van der Waals surface area contributed by atoms with Gasteiger partial charge in [0.25, 0.3) is 11.1 Å². The van der Waals surface area contributed by atoms with Crippen molar-refractivity contribution in [1.29, 1.82) is 0 Å². The van der Waals surface area contributed by atoms with Gasteiger partial charge in [0.1, 0.15) is 11.6 Å². The van der Waals surface area contributed by atoms with Crippen LogP contribution in [0.4, 0.5) is 0 Å². The Morgan fingerprint density at radius 1 is 0.871 bits per heavy atom. The van der Waals surface area contributed by atoms with E-state index in [9.17, 15) is 9.59 Å². The molecule has 0 aliphatic heterocycles. The van der Waals surface area contributed by atoms with E-state index in [-0.39, 0.29) is 11.1 Å². The van der Waals surface area contributed by atoms with E-state index in [4.69, 9.17) is 4.74 Å². The van der Waals surface area contributed by atoms with Crippen molar-refractivity contribution >= 4 is 21.8 Å². The van der Waals surface area contributed by atoms with Crippen LogP contribution < -0.4 is 15.9 Å². The molecule has 0 radical (unpaired) electrons. The minimum Gasteiger partial charge on any atom is -0.497 e. The Morgan fingerprint density at radius 2 is 1.61 bits per heavy atom. The lowest BCUT2D eigenvalue weighted by atomic mass is 10.1. The summed E-state index contributed by atoms with van der Waals surface area (Å²) >= 11 is 0. The van der Waals surface area contributed by atoms with Gasteiger partial charge in [-0.15, -0.1) is 0 Å². The van der Waals surface area contributed by atoms with Gasteiger partial charge in [0.05, 0.1) is 35.5 Å². The van der Waals surface area contributed by atoms with E-state index >= 15 is 0 Å². The van der Waals surface area contributed by atoms with Crippen LogP contribution in [0.15, 0.2) is 88.8 Å². The van der Waals surface area contributed by atoms with E-state index in [1.165, 1.54) is 4.57 Å². The first-order valence-electron chi connectivity index (χ1n) is 9.74. The summed E-state index contributed by atoms with van der Waals surface area (Å²) in [5.74, 6) is 1.27. The third kappa shape index (κ3) is 3.36. The van der Waals surface area contributed by atoms with Crippen molar-refractivity contribution in [3.8, 4) is 11.6 Å². The Bertz CT molecular complexity index is 1520. The van der Waals surface area contributed by atoms with Crippen LogP contribution in [0.5, 0.6) is 5.75 Å². The number of methoxy groups -OCH3 is 1. The normalized spacial score (nSPS) is 11.1. The summed E-state index contributed by atoms with van der Waals surface area (Å²) in [7, 11) is 1.61. The summed E-state index contributed by atoms with van der Waals surface area (Å²) in [6.07, 6.45) is 5.00. The van der Waals surface area contributed by atoms with E-state index in [1.807, 2.05) is 30.3 Å². The Kier molecular flexibility index (Phi) is 4.55. The maximum Gasteiger partial charge on any atom is 0.265 e. The minimum atomic E-state index is -0.268. The highest BCUT2D eigenvalue weighted by Gasteiger charge is 2.11. The SMILES string of the molecule is COc1ccc(Cn2ccc3nc4ccn(-c5ccccn5)c(=O)c4cc3c2=O)cc1. The molecule has 0 amide bonds. The van der Waals surface area contributed by atoms with Crippen LogP contribution in [0, 0.1) is 0 Å². The number of pyridine rings is 4. The van der Waals surface area contributed by atoms with Crippen molar-refractivity contribution in [1.82, 2.24) is 19.1 Å². The van der Waals surface area contributed by atoms with E-state index in [2.05, 4.69) is 9.97 Å². The fourth-order valence-electron chi connectivity index (χ4n) is 3.59. The molecule has 5 aromatic rings. The van der Waals surface area contributed by atoms with E-state index in [1.54, 1.807) is 60.6 Å². The van der Waals surface area contributed by atoms with Crippen molar-refractivity contribution in [2.45, 2.75) is 6.54 Å². The number of nitrogens with zero attached hydrogens (tertiary/aromatic N) is 4. The Hall–Kier alpha value is -4.26. The molecule has 152 valence electrons. The Balaban J connectivity index is 1.63. The van der Waals surface area contributed by atoms with Crippen LogP contribution in [-0.4, -0.2) is 26.2 Å². The summed E-state index contributed by atoms with van der Waals surface area (Å²) < 4.78 is 8.24. The highest BCUT2D eigenvalue weighted by molar-refractivity contribution is 5.91. The zero-order valence-electron chi connectivity index (χ0n) is 16.7. The standard InChI is InChI=1S/C24H18N4O3/c1-31-17-7-5-16(6-8-17)15-27-12-9-20-18(23(27)29)14-19-21(26-20)10-13-28(24(19)30)22-4-2-3-11-25-22/h2-14H,15H2,1H3. The molecular formula is C24H18N4O3. The molecule has 7 nitrogen and oxygen atoms in total. The number of ether oxygens (including phenoxy) is 1. The smallest absolute Gasteiger partial charge is 0.265 e. The lowest BCUT2D eigenvalue weighted by Gasteiger charge is -2.10. The second-order valence-corrected chi connectivity index (χ2v) is 7.13. The molecular weight excluding hydrogens is 392 g/mol. The maximum absolute atomic E-state index is 13.1. The lowest BCUT2D eigenvalue weighted by molar-refractivity contribution is 0.414. The first-order valence-corrected chi connectivity index (χ1v) is 9.74. The van der Waals surface area contributed by atoms with Gasteiger partial charge in [-0.1, -0.05) is 18.2 Å². The first kappa shape index (κ1) is 18.7. The molecule has 7 heteroatoms. The molecule has 0 bridgehead atoms. The number of hydrogen-bond donors (Lipinski definition) is 0. The number of fused-ring (bicyclic) bond motifs is 2. The largest absolute Gasteiger partial charge is 0.497 e. The van der Waals surface area contributed by atoms with Gasteiger partial charge in [-0.05, 0) is 48.0 Å². The van der Waals surface area contributed by atoms with Gasteiger partial charge >= 0.3 is 0 Å². The third-order valence-electron chi connectivity index (χ3n) is 5.22.